The average Bonchev–Trinajstić information content (AvgIpc) is 2.40. The number of sulfonamides is 1. The molecule has 0 saturated heterocycles. The van der Waals surface area contributed by atoms with Gasteiger partial charge in [0.1, 0.15) is 0 Å². The number of halogens is 1. The van der Waals surface area contributed by atoms with E-state index < -0.39 is 10.0 Å². The van der Waals surface area contributed by atoms with E-state index in [2.05, 4.69) is 21.2 Å². The Balaban J connectivity index is 2.49. The van der Waals surface area contributed by atoms with Gasteiger partial charge in [0.2, 0.25) is 10.0 Å². The highest BCUT2D eigenvalue weighted by Gasteiger charge is 2.14. The molecule has 8 heteroatoms. The fraction of sp³-hybridized carbons (Fsp3) is 0.462. The molecule has 6 nitrogen and oxygen atoms in total. The summed E-state index contributed by atoms with van der Waals surface area (Å²) >= 11 is 3.28. The van der Waals surface area contributed by atoms with Crippen LogP contribution in [0.15, 0.2) is 22.7 Å². The van der Waals surface area contributed by atoms with E-state index >= 15 is 0 Å². The lowest BCUT2D eigenvalue weighted by molar-refractivity contribution is 0.0952. The van der Waals surface area contributed by atoms with Crippen molar-refractivity contribution in [3.05, 3.63) is 28.2 Å². The molecule has 0 bridgehead atoms. The first kappa shape index (κ1) is 17.9. The van der Waals surface area contributed by atoms with E-state index in [0.29, 0.717) is 41.8 Å². The maximum absolute atomic E-state index is 12.0. The molecular formula is C13H20BrN3O3S. The first-order valence-electron chi connectivity index (χ1n) is 6.54. The molecule has 118 valence electrons. The predicted octanol–water partition coefficient (Wildman–Crippen LogP) is 1.43. The number of hydrogen-bond donors (Lipinski definition) is 2. The van der Waals surface area contributed by atoms with Gasteiger partial charge < -0.3 is 11.1 Å². The van der Waals surface area contributed by atoms with Gasteiger partial charge in [-0.25, -0.2) is 12.7 Å². The minimum atomic E-state index is -3.18. The standard InChI is InChI=1S/C13H20BrN3O3S/c1-3-17(21(2,19)20)9-5-8-16-13(18)10-6-4-7-11(15)12(10)14/h4,6-7H,3,5,8-9,15H2,1-2H3,(H,16,18). The van der Waals surface area contributed by atoms with Crippen LogP contribution >= 0.6 is 15.9 Å². The number of carbonyl (C=O) groups excluding carboxylic acids is 1. The van der Waals surface area contributed by atoms with Crippen LogP contribution in [0.4, 0.5) is 5.69 Å². The van der Waals surface area contributed by atoms with Crippen molar-refractivity contribution < 1.29 is 13.2 Å². The van der Waals surface area contributed by atoms with Gasteiger partial charge in [-0.3, -0.25) is 4.79 Å². The molecule has 1 aromatic rings. The highest BCUT2D eigenvalue weighted by Crippen LogP contribution is 2.23. The smallest absolute Gasteiger partial charge is 0.252 e. The minimum Gasteiger partial charge on any atom is -0.398 e. The number of benzene rings is 1. The molecule has 0 spiro atoms. The second-order valence-electron chi connectivity index (χ2n) is 4.57. The summed E-state index contributed by atoms with van der Waals surface area (Å²) in [6, 6.07) is 5.08. The fourth-order valence-corrected chi connectivity index (χ4v) is 3.21. The molecular weight excluding hydrogens is 358 g/mol. The summed E-state index contributed by atoms with van der Waals surface area (Å²) in [5.74, 6) is -0.239. The maximum Gasteiger partial charge on any atom is 0.252 e. The Bertz CT molecular complexity index is 605. The van der Waals surface area contributed by atoms with Gasteiger partial charge in [-0.05, 0) is 34.5 Å². The molecule has 0 fully saturated rings. The van der Waals surface area contributed by atoms with E-state index in [-0.39, 0.29) is 5.91 Å². The lowest BCUT2D eigenvalue weighted by Crippen LogP contribution is -2.33. The van der Waals surface area contributed by atoms with E-state index in [9.17, 15) is 13.2 Å². The third-order valence-electron chi connectivity index (χ3n) is 2.96. The number of carbonyl (C=O) groups is 1. The van der Waals surface area contributed by atoms with E-state index in [1.807, 2.05) is 0 Å². The second kappa shape index (κ2) is 7.77. The predicted molar refractivity (Wildman–Crippen MR) is 87.6 cm³/mol. The van der Waals surface area contributed by atoms with Crippen LogP contribution in [0, 0.1) is 0 Å². The van der Waals surface area contributed by atoms with Crippen LogP contribution in [0.25, 0.3) is 0 Å². The molecule has 0 aliphatic heterocycles. The van der Waals surface area contributed by atoms with Gasteiger partial charge in [-0.2, -0.15) is 0 Å². The molecule has 21 heavy (non-hydrogen) atoms. The van der Waals surface area contributed by atoms with E-state index in [1.54, 1.807) is 25.1 Å². The molecule has 0 saturated carbocycles. The van der Waals surface area contributed by atoms with Gasteiger partial charge in [0.25, 0.3) is 5.91 Å². The number of rotatable bonds is 7. The SMILES string of the molecule is CCN(CCCNC(=O)c1cccc(N)c1Br)S(C)(=O)=O. The normalized spacial score (nSPS) is 11.6. The molecule has 0 unspecified atom stereocenters. The fourth-order valence-electron chi connectivity index (χ4n) is 1.84. The first-order chi connectivity index (χ1) is 9.77. The van der Waals surface area contributed by atoms with Crippen LogP contribution in [-0.2, 0) is 10.0 Å². The number of nitrogens with two attached hydrogens (primary N) is 1. The average molecular weight is 378 g/mol. The van der Waals surface area contributed by atoms with Crippen molar-refractivity contribution in [2.75, 3.05) is 31.6 Å². The Morgan fingerprint density at radius 1 is 1.43 bits per heavy atom. The lowest BCUT2D eigenvalue weighted by atomic mass is 10.2. The van der Waals surface area contributed by atoms with E-state index in [4.69, 9.17) is 5.73 Å². The number of nitrogens with one attached hydrogen (secondary N) is 1. The van der Waals surface area contributed by atoms with Gasteiger partial charge in [-0.1, -0.05) is 13.0 Å². The van der Waals surface area contributed by atoms with Crippen molar-refractivity contribution in [2.24, 2.45) is 0 Å². The largest absolute Gasteiger partial charge is 0.398 e. The van der Waals surface area contributed by atoms with E-state index in [1.165, 1.54) is 10.6 Å². The monoisotopic (exact) mass is 377 g/mol. The van der Waals surface area contributed by atoms with Gasteiger partial charge in [0, 0.05) is 25.3 Å². The molecule has 0 heterocycles. The Morgan fingerprint density at radius 3 is 2.67 bits per heavy atom. The summed E-state index contributed by atoms with van der Waals surface area (Å²) in [6.45, 7) is 2.98. The van der Waals surface area contributed by atoms with Crippen LogP contribution in [0.3, 0.4) is 0 Å². The quantitative estimate of drug-likeness (QED) is 0.555. The molecule has 0 atom stereocenters. The summed E-state index contributed by atoms with van der Waals surface area (Å²) in [7, 11) is -3.18. The Hall–Kier alpha value is -1.12. The number of amides is 1. The van der Waals surface area contributed by atoms with Gasteiger partial charge in [-0.15, -0.1) is 0 Å². The summed E-state index contributed by atoms with van der Waals surface area (Å²) in [5, 5.41) is 2.75. The number of anilines is 1. The summed E-state index contributed by atoms with van der Waals surface area (Å²) in [6.07, 6.45) is 1.73. The van der Waals surface area contributed by atoms with E-state index in [0.717, 1.165) is 0 Å². The van der Waals surface area contributed by atoms with Crippen molar-refractivity contribution >= 4 is 37.5 Å². The summed E-state index contributed by atoms with van der Waals surface area (Å²) < 4.78 is 24.8. The molecule has 0 radical (unpaired) electrons. The number of hydrogen-bond acceptors (Lipinski definition) is 4. The second-order valence-corrected chi connectivity index (χ2v) is 7.35. The summed E-state index contributed by atoms with van der Waals surface area (Å²) in [4.78, 5) is 12.0. The summed E-state index contributed by atoms with van der Waals surface area (Å²) in [5.41, 5.74) is 6.68. The maximum atomic E-state index is 12.0. The highest BCUT2D eigenvalue weighted by molar-refractivity contribution is 9.10. The van der Waals surface area contributed by atoms with Crippen molar-refractivity contribution in [1.29, 1.82) is 0 Å². The van der Waals surface area contributed by atoms with Crippen LogP contribution in [0.2, 0.25) is 0 Å². The number of nitrogen functional groups attached to an aromatic ring is 1. The Kier molecular flexibility index (Phi) is 6.63. The zero-order valence-corrected chi connectivity index (χ0v) is 14.5. The Morgan fingerprint density at radius 2 is 2.10 bits per heavy atom. The minimum absolute atomic E-state index is 0.239. The molecule has 1 aromatic carbocycles. The third kappa shape index (κ3) is 5.29. The van der Waals surface area contributed by atoms with Gasteiger partial charge in [0.05, 0.1) is 16.3 Å². The van der Waals surface area contributed by atoms with Crippen LogP contribution in [0.1, 0.15) is 23.7 Å². The van der Waals surface area contributed by atoms with Gasteiger partial charge in [0.15, 0.2) is 0 Å². The molecule has 1 rings (SSSR count). The first-order valence-corrected chi connectivity index (χ1v) is 9.18. The highest BCUT2D eigenvalue weighted by atomic mass is 79.9. The molecule has 3 N–H and O–H groups in total. The Labute approximate surface area is 133 Å². The number of nitrogens with zero attached hydrogens (tertiary/aromatic N) is 1. The zero-order valence-electron chi connectivity index (χ0n) is 12.1. The van der Waals surface area contributed by atoms with Crippen LogP contribution < -0.4 is 11.1 Å². The van der Waals surface area contributed by atoms with Crippen molar-refractivity contribution in [2.45, 2.75) is 13.3 Å². The molecule has 0 aliphatic rings. The van der Waals surface area contributed by atoms with Crippen LogP contribution in [0.5, 0.6) is 0 Å². The zero-order chi connectivity index (χ0) is 16.0. The van der Waals surface area contributed by atoms with Crippen molar-refractivity contribution in [1.82, 2.24) is 9.62 Å². The molecule has 0 aromatic heterocycles. The topological polar surface area (TPSA) is 92.5 Å². The van der Waals surface area contributed by atoms with Crippen molar-refractivity contribution in [3.63, 3.8) is 0 Å². The van der Waals surface area contributed by atoms with Crippen molar-refractivity contribution in [3.8, 4) is 0 Å². The van der Waals surface area contributed by atoms with Crippen LogP contribution in [-0.4, -0.2) is 44.5 Å². The molecule has 1 amide bonds. The lowest BCUT2D eigenvalue weighted by Gasteiger charge is -2.17. The van der Waals surface area contributed by atoms with Gasteiger partial charge >= 0.3 is 0 Å². The molecule has 0 aliphatic carbocycles. The third-order valence-corrected chi connectivity index (χ3v) is 5.23.